The zero-order valence-electron chi connectivity index (χ0n) is 19.1. The van der Waals surface area contributed by atoms with E-state index in [1.165, 1.54) is 12.8 Å². The quantitative estimate of drug-likeness (QED) is 0.266. The highest BCUT2D eigenvalue weighted by Crippen LogP contribution is 2.30. The fraction of sp³-hybridized carbons (Fsp3) is 0.346. The minimum atomic E-state index is -3.45. The second-order valence-electron chi connectivity index (χ2n) is 8.74. The molecule has 1 aliphatic carbocycles. The molecule has 1 saturated carbocycles. The third kappa shape index (κ3) is 6.72. The number of nitrogens with one attached hydrogen (secondary N) is 1. The van der Waals surface area contributed by atoms with Crippen molar-refractivity contribution in [2.45, 2.75) is 38.6 Å². The van der Waals surface area contributed by atoms with E-state index in [9.17, 15) is 13.5 Å². The lowest BCUT2D eigenvalue weighted by Crippen LogP contribution is -2.29. The smallest absolute Gasteiger partial charge is 0.212 e. The number of para-hydroxylation sites is 1. The van der Waals surface area contributed by atoms with Gasteiger partial charge in [-0.3, -0.25) is 0 Å². The number of nitrogens with zero attached hydrogens (tertiary/aromatic N) is 1. The van der Waals surface area contributed by atoms with Crippen molar-refractivity contribution in [3.63, 3.8) is 0 Å². The van der Waals surface area contributed by atoms with Crippen molar-refractivity contribution < 1.29 is 18.3 Å². The molecular weight excluding hydrogens is 472 g/mol. The van der Waals surface area contributed by atoms with Crippen molar-refractivity contribution in [2.75, 3.05) is 12.4 Å². The van der Waals surface area contributed by atoms with E-state index in [0.717, 1.165) is 28.9 Å². The van der Waals surface area contributed by atoms with Gasteiger partial charge in [0, 0.05) is 11.4 Å². The van der Waals surface area contributed by atoms with Crippen LogP contribution in [0.5, 0.6) is 11.5 Å². The molecule has 1 aromatic heterocycles. The Morgan fingerprint density at radius 1 is 1.21 bits per heavy atom. The molecule has 8 heteroatoms. The lowest BCUT2D eigenvalue weighted by atomic mass is 10.1. The molecule has 1 atom stereocenters. The van der Waals surface area contributed by atoms with E-state index < -0.39 is 10.0 Å². The molecule has 1 aliphatic rings. The van der Waals surface area contributed by atoms with Crippen LogP contribution in [0.4, 0.5) is 0 Å². The van der Waals surface area contributed by atoms with Crippen molar-refractivity contribution in [2.24, 2.45) is 5.92 Å². The Kier molecular flexibility index (Phi) is 7.76. The maximum atomic E-state index is 12.6. The number of sulfonamides is 1. The SMILES string of the molecule is CC(NS(=O)(=O)CCC=CCc1cc2cccc(O)c2nc1Cl)c1cccc(OCC2CC2)c1. The molecule has 0 amide bonds. The Hall–Kier alpha value is -2.61. The summed E-state index contributed by atoms with van der Waals surface area (Å²) in [5.74, 6) is 1.51. The molecule has 6 nitrogen and oxygen atoms in total. The highest BCUT2D eigenvalue weighted by Gasteiger charge is 2.22. The number of fused-ring (bicyclic) bond motifs is 1. The second-order valence-corrected chi connectivity index (χ2v) is 11.0. The summed E-state index contributed by atoms with van der Waals surface area (Å²) in [7, 11) is -3.45. The van der Waals surface area contributed by atoms with Crippen molar-refractivity contribution in [3.05, 3.63) is 77.0 Å². The maximum Gasteiger partial charge on any atom is 0.212 e. The summed E-state index contributed by atoms with van der Waals surface area (Å²) in [6.07, 6.45) is 7.07. The van der Waals surface area contributed by atoms with Gasteiger partial charge in [0.1, 0.15) is 22.2 Å². The number of phenolic OH excluding ortho intramolecular Hbond substituents is 1. The Morgan fingerprint density at radius 3 is 2.79 bits per heavy atom. The number of hydrogen-bond acceptors (Lipinski definition) is 5. The molecule has 1 fully saturated rings. The summed E-state index contributed by atoms with van der Waals surface area (Å²) in [6.45, 7) is 2.55. The minimum absolute atomic E-state index is 0.0106. The number of pyridine rings is 1. The number of ether oxygens (including phenoxy) is 1. The van der Waals surface area contributed by atoms with Crippen molar-refractivity contribution in [1.82, 2.24) is 9.71 Å². The first-order chi connectivity index (χ1) is 16.3. The van der Waals surface area contributed by atoms with E-state index in [4.69, 9.17) is 16.3 Å². The van der Waals surface area contributed by atoms with Gasteiger partial charge < -0.3 is 9.84 Å². The molecule has 4 rings (SSSR count). The fourth-order valence-corrected chi connectivity index (χ4v) is 5.12. The highest BCUT2D eigenvalue weighted by atomic mass is 35.5. The molecule has 0 bridgehead atoms. The molecule has 2 aromatic carbocycles. The predicted octanol–water partition coefficient (Wildman–Crippen LogP) is 5.55. The molecule has 2 N–H and O–H groups in total. The van der Waals surface area contributed by atoms with Gasteiger partial charge in [-0.15, -0.1) is 0 Å². The van der Waals surface area contributed by atoms with E-state index >= 15 is 0 Å². The van der Waals surface area contributed by atoms with Crippen LogP contribution in [0.3, 0.4) is 0 Å². The normalized spacial score (nSPS) is 15.1. The van der Waals surface area contributed by atoms with Gasteiger partial charge in [-0.25, -0.2) is 18.1 Å². The molecule has 3 aromatic rings. The first-order valence-corrected chi connectivity index (χ1v) is 13.5. The fourth-order valence-electron chi connectivity index (χ4n) is 3.67. The molecule has 0 spiro atoms. The van der Waals surface area contributed by atoms with Crippen LogP contribution < -0.4 is 9.46 Å². The zero-order valence-corrected chi connectivity index (χ0v) is 20.6. The lowest BCUT2D eigenvalue weighted by molar-refractivity contribution is 0.299. The lowest BCUT2D eigenvalue weighted by Gasteiger charge is -2.15. The minimum Gasteiger partial charge on any atom is -0.506 e. The molecule has 0 radical (unpaired) electrons. The first-order valence-electron chi connectivity index (χ1n) is 11.5. The maximum absolute atomic E-state index is 12.6. The Balaban J connectivity index is 1.28. The second kappa shape index (κ2) is 10.8. The number of allylic oxidation sites excluding steroid dienone is 2. The van der Waals surface area contributed by atoms with Gasteiger partial charge in [-0.05, 0) is 73.9 Å². The molecule has 34 heavy (non-hydrogen) atoms. The van der Waals surface area contributed by atoms with E-state index in [0.29, 0.717) is 29.4 Å². The molecule has 1 unspecified atom stereocenters. The van der Waals surface area contributed by atoms with Crippen molar-refractivity contribution >= 4 is 32.5 Å². The third-order valence-corrected chi connectivity index (χ3v) is 7.62. The van der Waals surface area contributed by atoms with Crippen LogP contribution in [0.1, 0.15) is 43.4 Å². The topological polar surface area (TPSA) is 88.5 Å². The third-order valence-electron chi connectivity index (χ3n) is 5.81. The largest absolute Gasteiger partial charge is 0.506 e. The van der Waals surface area contributed by atoms with E-state index in [-0.39, 0.29) is 17.5 Å². The molecule has 0 aliphatic heterocycles. The van der Waals surface area contributed by atoms with Crippen LogP contribution in [0.15, 0.2) is 60.7 Å². The van der Waals surface area contributed by atoms with Gasteiger partial charge in [0.25, 0.3) is 0 Å². The van der Waals surface area contributed by atoms with Crippen LogP contribution >= 0.6 is 11.6 Å². The number of hydrogen-bond donors (Lipinski definition) is 2. The molecule has 180 valence electrons. The monoisotopic (exact) mass is 500 g/mol. The first kappa shape index (κ1) is 24.5. The van der Waals surface area contributed by atoms with Crippen LogP contribution in [0.25, 0.3) is 10.9 Å². The number of halogens is 1. The summed E-state index contributed by atoms with van der Waals surface area (Å²) in [6, 6.07) is 14.3. The number of phenols is 1. The predicted molar refractivity (Wildman–Crippen MR) is 136 cm³/mol. The van der Waals surface area contributed by atoms with Gasteiger partial charge in [0.05, 0.1) is 12.4 Å². The number of rotatable bonds is 11. The van der Waals surface area contributed by atoms with Crippen molar-refractivity contribution in [3.8, 4) is 11.5 Å². The number of aromatic hydroxyl groups is 1. The van der Waals surface area contributed by atoms with Crippen LogP contribution in [-0.4, -0.2) is 30.9 Å². The van der Waals surface area contributed by atoms with Crippen LogP contribution in [0.2, 0.25) is 5.15 Å². The molecule has 0 saturated heterocycles. The van der Waals surface area contributed by atoms with E-state index in [2.05, 4.69) is 9.71 Å². The summed E-state index contributed by atoms with van der Waals surface area (Å²) in [4.78, 5) is 4.27. The zero-order chi connectivity index (χ0) is 24.1. The Labute approximate surface area is 205 Å². The van der Waals surface area contributed by atoms with Crippen LogP contribution in [0, 0.1) is 5.92 Å². The summed E-state index contributed by atoms with van der Waals surface area (Å²) < 4.78 is 33.7. The number of benzene rings is 2. The van der Waals surface area contributed by atoms with E-state index in [1.54, 1.807) is 12.1 Å². The average molecular weight is 501 g/mol. The van der Waals surface area contributed by atoms with Gasteiger partial charge in [-0.2, -0.15) is 0 Å². The summed E-state index contributed by atoms with van der Waals surface area (Å²) in [5, 5.41) is 11.0. The van der Waals surface area contributed by atoms with Gasteiger partial charge >= 0.3 is 0 Å². The van der Waals surface area contributed by atoms with Gasteiger partial charge in [-0.1, -0.05) is 48.0 Å². The highest BCUT2D eigenvalue weighted by molar-refractivity contribution is 7.89. The Bertz CT molecular complexity index is 1290. The number of aromatic nitrogens is 1. The van der Waals surface area contributed by atoms with Gasteiger partial charge in [0.15, 0.2) is 0 Å². The Morgan fingerprint density at radius 2 is 2.00 bits per heavy atom. The molecular formula is C26H29ClN2O4S. The average Bonchev–Trinajstić information content (AvgIpc) is 3.63. The molecule has 1 heterocycles. The van der Waals surface area contributed by atoms with E-state index in [1.807, 2.05) is 55.5 Å². The summed E-state index contributed by atoms with van der Waals surface area (Å²) in [5.41, 5.74) is 2.15. The summed E-state index contributed by atoms with van der Waals surface area (Å²) >= 11 is 6.25. The van der Waals surface area contributed by atoms with Gasteiger partial charge in [0.2, 0.25) is 10.0 Å². The van der Waals surface area contributed by atoms with Crippen molar-refractivity contribution in [1.29, 1.82) is 0 Å². The van der Waals surface area contributed by atoms with Crippen LogP contribution in [-0.2, 0) is 16.4 Å². The standard InChI is InChI=1S/C26H29ClN2O4S/c1-18(20-8-5-10-23(16-20)33-17-19-12-13-19)29-34(31,32)14-4-2-3-7-22-15-21-9-6-11-24(30)25(21)28-26(22)27/h2-3,5-6,8-11,15-16,18-19,29-30H,4,7,12-14,17H2,1H3.